The van der Waals surface area contributed by atoms with Gasteiger partial charge in [-0.3, -0.25) is 4.79 Å². The molecule has 6 heteroatoms. The summed E-state index contributed by atoms with van der Waals surface area (Å²) in [4.78, 5) is 13.7. The average Bonchev–Trinajstić information content (AvgIpc) is 3.00. The Bertz CT molecular complexity index is 627. The molecule has 1 aromatic heterocycles. The number of anilines is 1. The lowest BCUT2D eigenvalue weighted by Gasteiger charge is -2.19. The standard InChI is InChI=1S/C16H20FN3O2/c1-20(15-6-3-2-5-14(15)17)8-4-7-19-16(21)12-9-13(10-18)22-11-12/h2-3,5-6,9,11H,4,7-8,10,18H2,1H3,(H,19,21). The van der Waals surface area contributed by atoms with E-state index in [1.54, 1.807) is 24.3 Å². The van der Waals surface area contributed by atoms with E-state index in [-0.39, 0.29) is 18.3 Å². The smallest absolute Gasteiger partial charge is 0.254 e. The van der Waals surface area contributed by atoms with Crippen molar-refractivity contribution in [2.75, 3.05) is 25.0 Å². The Kier molecular flexibility index (Phi) is 5.55. The van der Waals surface area contributed by atoms with Crippen molar-refractivity contribution in [1.29, 1.82) is 0 Å². The monoisotopic (exact) mass is 305 g/mol. The highest BCUT2D eigenvalue weighted by atomic mass is 19.1. The lowest BCUT2D eigenvalue weighted by Crippen LogP contribution is -2.28. The number of carbonyl (C=O) groups excluding carboxylic acids is 1. The highest BCUT2D eigenvalue weighted by Gasteiger charge is 2.10. The number of amides is 1. The molecule has 0 atom stereocenters. The second-order valence-corrected chi connectivity index (χ2v) is 4.99. The van der Waals surface area contributed by atoms with Gasteiger partial charge in [-0.15, -0.1) is 0 Å². The first-order chi connectivity index (χ1) is 10.6. The molecule has 0 saturated heterocycles. The van der Waals surface area contributed by atoms with Crippen LogP contribution in [0, 0.1) is 5.82 Å². The predicted octanol–water partition coefficient (Wildman–Crippen LogP) is 2.13. The Morgan fingerprint density at radius 2 is 2.18 bits per heavy atom. The number of nitrogens with two attached hydrogens (primary N) is 1. The van der Waals surface area contributed by atoms with E-state index in [0.717, 1.165) is 0 Å². The first-order valence-electron chi connectivity index (χ1n) is 7.13. The Balaban J connectivity index is 1.75. The molecule has 0 radical (unpaired) electrons. The van der Waals surface area contributed by atoms with Crippen molar-refractivity contribution in [2.45, 2.75) is 13.0 Å². The number of hydrogen-bond acceptors (Lipinski definition) is 4. The summed E-state index contributed by atoms with van der Waals surface area (Å²) in [6.45, 7) is 1.40. The maximum Gasteiger partial charge on any atom is 0.254 e. The highest BCUT2D eigenvalue weighted by molar-refractivity contribution is 5.93. The summed E-state index contributed by atoms with van der Waals surface area (Å²) in [5.74, 6) is 0.128. The molecule has 3 N–H and O–H groups in total. The second-order valence-electron chi connectivity index (χ2n) is 4.99. The van der Waals surface area contributed by atoms with Crippen LogP contribution in [0.1, 0.15) is 22.5 Å². The van der Waals surface area contributed by atoms with Crippen molar-refractivity contribution in [3.05, 3.63) is 53.7 Å². The van der Waals surface area contributed by atoms with Crippen molar-refractivity contribution in [1.82, 2.24) is 5.32 Å². The van der Waals surface area contributed by atoms with Crippen molar-refractivity contribution < 1.29 is 13.6 Å². The molecule has 5 nitrogen and oxygen atoms in total. The summed E-state index contributed by atoms with van der Waals surface area (Å²) in [7, 11) is 1.82. The largest absolute Gasteiger partial charge is 0.467 e. The summed E-state index contributed by atoms with van der Waals surface area (Å²) in [6.07, 6.45) is 2.10. The number of furan rings is 1. The summed E-state index contributed by atoms with van der Waals surface area (Å²) in [6, 6.07) is 8.24. The second kappa shape index (κ2) is 7.61. The average molecular weight is 305 g/mol. The molecule has 1 heterocycles. The zero-order chi connectivity index (χ0) is 15.9. The molecule has 118 valence electrons. The molecule has 1 aromatic carbocycles. The first kappa shape index (κ1) is 16.0. The molecule has 0 saturated carbocycles. The van der Waals surface area contributed by atoms with Gasteiger partial charge in [0.25, 0.3) is 5.91 Å². The minimum Gasteiger partial charge on any atom is -0.467 e. The summed E-state index contributed by atoms with van der Waals surface area (Å²) in [5, 5.41) is 2.80. The molecular weight excluding hydrogens is 285 g/mol. The number of hydrogen-bond donors (Lipinski definition) is 2. The summed E-state index contributed by atoms with van der Waals surface area (Å²) >= 11 is 0. The first-order valence-corrected chi connectivity index (χ1v) is 7.13. The third-order valence-electron chi connectivity index (χ3n) is 3.34. The molecule has 0 fully saturated rings. The van der Waals surface area contributed by atoms with E-state index in [4.69, 9.17) is 10.2 Å². The van der Waals surface area contributed by atoms with Gasteiger partial charge in [0.2, 0.25) is 0 Å². The predicted molar refractivity (Wildman–Crippen MR) is 83.2 cm³/mol. The molecule has 1 amide bonds. The van der Waals surface area contributed by atoms with Crippen molar-refractivity contribution in [3.8, 4) is 0 Å². The molecule has 0 aliphatic rings. The zero-order valence-corrected chi connectivity index (χ0v) is 12.5. The van der Waals surface area contributed by atoms with Gasteiger partial charge in [0, 0.05) is 20.1 Å². The minimum absolute atomic E-state index is 0.197. The van der Waals surface area contributed by atoms with Gasteiger partial charge in [0.15, 0.2) is 0 Å². The van der Waals surface area contributed by atoms with Gasteiger partial charge in [0.05, 0.1) is 17.8 Å². The number of nitrogens with zero attached hydrogens (tertiary/aromatic N) is 1. The molecule has 2 aromatic rings. The molecule has 0 bridgehead atoms. The van der Waals surface area contributed by atoms with Gasteiger partial charge in [-0.1, -0.05) is 12.1 Å². The number of rotatable bonds is 7. The van der Waals surface area contributed by atoms with Crippen LogP contribution in [-0.2, 0) is 6.54 Å². The quantitative estimate of drug-likeness (QED) is 0.769. The number of halogens is 1. The van der Waals surface area contributed by atoms with Crippen LogP contribution in [-0.4, -0.2) is 26.0 Å². The van der Waals surface area contributed by atoms with E-state index in [1.807, 2.05) is 11.9 Å². The SMILES string of the molecule is CN(CCCNC(=O)c1coc(CN)c1)c1ccccc1F. The molecule has 0 aliphatic heterocycles. The lowest BCUT2D eigenvalue weighted by atomic mass is 10.2. The van der Waals surface area contributed by atoms with Crippen LogP contribution in [0.5, 0.6) is 0 Å². The maximum absolute atomic E-state index is 13.6. The van der Waals surface area contributed by atoms with Crippen LogP contribution in [0.15, 0.2) is 41.0 Å². The van der Waals surface area contributed by atoms with E-state index in [0.29, 0.717) is 36.5 Å². The molecule has 0 unspecified atom stereocenters. The summed E-state index contributed by atoms with van der Waals surface area (Å²) in [5.41, 5.74) is 6.44. The Morgan fingerprint density at radius 3 is 2.86 bits per heavy atom. The number of benzene rings is 1. The van der Waals surface area contributed by atoms with Gasteiger partial charge in [0.1, 0.15) is 17.8 Å². The topological polar surface area (TPSA) is 71.5 Å². The van der Waals surface area contributed by atoms with Crippen LogP contribution in [0.2, 0.25) is 0 Å². The normalized spacial score (nSPS) is 10.5. The van der Waals surface area contributed by atoms with Crippen LogP contribution >= 0.6 is 0 Å². The molecule has 2 rings (SSSR count). The van der Waals surface area contributed by atoms with Gasteiger partial charge in [-0.25, -0.2) is 4.39 Å². The van der Waals surface area contributed by atoms with Crippen LogP contribution in [0.4, 0.5) is 10.1 Å². The van der Waals surface area contributed by atoms with E-state index < -0.39 is 0 Å². The Labute approximate surface area is 128 Å². The molecule has 0 aliphatic carbocycles. The summed E-state index contributed by atoms with van der Waals surface area (Å²) < 4.78 is 18.7. The van der Waals surface area contributed by atoms with Crippen LogP contribution in [0.25, 0.3) is 0 Å². The van der Waals surface area contributed by atoms with Gasteiger partial charge in [-0.2, -0.15) is 0 Å². The third-order valence-corrected chi connectivity index (χ3v) is 3.34. The highest BCUT2D eigenvalue weighted by Crippen LogP contribution is 2.16. The Morgan fingerprint density at radius 1 is 1.41 bits per heavy atom. The van der Waals surface area contributed by atoms with Crippen LogP contribution < -0.4 is 16.0 Å². The third kappa shape index (κ3) is 4.08. The lowest BCUT2D eigenvalue weighted by molar-refractivity contribution is 0.0953. The van der Waals surface area contributed by atoms with Crippen molar-refractivity contribution in [3.63, 3.8) is 0 Å². The van der Waals surface area contributed by atoms with E-state index in [9.17, 15) is 9.18 Å². The van der Waals surface area contributed by atoms with Crippen molar-refractivity contribution in [2.24, 2.45) is 5.73 Å². The number of nitrogens with one attached hydrogen (secondary N) is 1. The number of para-hydroxylation sites is 1. The number of carbonyl (C=O) groups is 1. The maximum atomic E-state index is 13.6. The van der Waals surface area contributed by atoms with Gasteiger partial charge in [-0.05, 0) is 24.6 Å². The minimum atomic E-state index is -0.248. The van der Waals surface area contributed by atoms with E-state index >= 15 is 0 Å². The zero-order valence-electron chi connectivity index (χ0n) is 12.5. The van der Waals surface area contributed by atoms with Gasteiger partial charge < -0.3 is 20.4 Å². The van der Waals surface area contributed by atoms with Crippen molar-refractivity contribution >= 4 is 11.6 Å². The molecular formula is C16H20FN3O2. The van der Waals surface area contributed by atoms with E-state index in [1.165, 1.54) is 12.3 Å². The Hall–Kier alpha value is -2.34. The van der Waals surface area contributed by atoms with E-state index in [2.05, 4.69) is 5.32 Å². The molecule has 0 spiro atoms. The molecule has 22 heavy (non-hydrogen) atoms. The fraction of sp³-hybridized carbons (Fsp3) is 0.312. The fourth-order valence-electron chi connectivity index (χ4n) is 2.11. The fourth-order valence-corrected chi connectivity index (χ4v) is 2.11. The van der Waals surface area contributed by atoms with Gasteiger partial charge >= 0.3 is 0 Å². The van der Waals surface area contributed by atoms with Crippen LogP contribution in [0.3, 0.4) is 0 Å².